The summed E-state index contributed by atoms with van der Waals surface area (Å²) in [6.45, 7) is 6.55. The van der Waals surface area contributed by atoms with Crippen LogP contribution in [0, 0.1) is 27.7 Å². The zero-order chi connectivity index (χ0) is 21.8. The van der Waals surface area contributed by atoms with Gasteiger partial charge >= 0.3 is 5.97 Å². The van der Waals surface area contributed by atoms with E-state index in [0.717, 1.165) is 11.3 Å². The molecule has 2 heterocycles. The largest absolute Gasteiger partial charge is 0.456 e. The number of aromatic nitrogens is 2. The van der Waals surface area contributed by atoms with E-state index in [9.17, 15) is 14.4 Å². The normalized spacial score (nSPS) is 10.7. The number of nitrogens with one attached hydrogen (secondary N) is 1. The van der Waals surface area contributed by atoms with Crippen LogP contribution in [0.25, 0.3) is 5.82 Å². The molecule has 0 aliphatic carbocycles. The first-order chi connectivity index (χ1) is 14.3. The maximum absolute atomic E-state index is 12.5. The van der Waals surface area contributed by atoms with Crippen LogP contribution < -0.4 is 5.32 Å². The van der Waals surface area contributed by atoms with Crippen molar-refractivity contribution in [3.8, 4) is 5.82 Å². The van der Waals surface area contributed by atoms with Crippen LogP contribution in [0.2, 0.25) is 0 Å². The monoisotopic (exact) mass is 409 g/mol. The van der Waals surface area contributed by atoms with Crippen LogP contribution in [-0.4, -0.2) is 40.5 Å². The molecule has 0 atom stereocenters. The quantitative estimate of drug-likeness (QED) is 0.475. The van der Waals surface area contributed by atoms with Crippen molar-refractivity contribution in [1.82, 2.24) is 15.0 Å². The number of Topliss-reactive ketones (excluding diaryl/α,β-unsaturated/α-hetero) is 1. The van der Waals surface area contributed by atoms with Crippen LogP contribution >= 0.6 is 0 Å². The molecule has 3 rings (SSSR count). The van der Waals surface area contributed by atoms with Crippen LogP contribution in [0.15, 0.2) is 40.9 Å². The Balaban J connectivity index is 1.57. The van der Waals surface area contributed by atoms with Crippen LogP contribution in [0.4, 0.5) is 0 Å². The average molecular weight is 409 g/mol. The highest BCUT2D eigenvalue weighted by atomic mass is 16.5. The van der Waals surface area contributed by atoms with Crippen molar-refractivity contribution >= 4 is 17.7 Å². The predicted molar refractivity (Wildman–Crippen MR) is 109 cm³/mol. The zero-order valence-electron chi connectivity index (χ0n) is 17.3. The summed E-state index contributed by atoms with van der Waals surface area (Å²) >= 11 is 0. The van der Waals surface area contributed by atoms with E-state index < -0.39 is 12.6 Å². The number of carbonyl (C=O) groups is 3. The van der Waals surface area contributed by atoms with Crippen molar-refractivity contribution in [3.63, 3.8) is 0 Å². The van der Waals surface area contributed by atoms with Crippen molar-refractivity contribution in [1.29, 1.82) is 0 Å². The first kappa shape index (κ1) is 21.0. The Labute approximate surface area is 173 Å². The van der Waals surface area contributed by atoms with E-state index in [1.165, 1.54) is 0 Å². The predicted octanol–water partition coefficient (Wildman–Crippen LogP) is 2.85. The van der Waals surface area contributed by atoms with Gasteiger partial charge < -0.3 is 14.6 Å². The lowest BCUT2D eigenvalue weighted by Crippen LogP contribution is -2.31. The summed E-state index contributed by atoms with van der Waals surface area (Å²) in [5.41, 5.74) is 3.31. The van der Waals surface area contributed by atoms with Gasteiger partial charge in [0.2, 0.25) is 5.78 Å². The highest BCUT2D eigenvalue weighted by Gasteiger charge is 2.20. The maximum atomic E-state index is 12.5. The molecule has 1 amide bonds. The van der Waals surface area contributed by atoms with Gasteiger partial charge in [-0.1, -0.05) is 22.9 Å². The minimum absolute atomic E-state index is 0.322. The summed E-state index contributed by atoms with van der Waals surface area (Å²) in [5, 5.41) is 6.47. The third-order valence-electron chi connectivity index (χ3n) is 4.61. The van der Waals surface area contributed by atoms with Crippen molar-refractivity contribution in [2.45, 2.75) is 27.7 Å². The number of rotatable bonds is 7. The van der Waals surface area contributed by atoms with Gasteiger partial charge in [-0.25, -0.2) is 0 Å². The molecule has 1 aromatic carbocycles. The summed E-state index contributed by atoms with van der Waals surface area (Å²) in [7, 11) is 0. The lowest BCUT2D eigenvalue weighted by molar-refractivity contribution is -0.141. The molecular weight excluding hydrogens is 386 g/mol. The van der Waals surface area contributed by atoms with Crippen LogP contribution in [0.1, 0.15) is 43.4 Å². The van der Waals surface area contributed by atoms with Crippen molar-refractivity contribution in [2.24, 2.45) is 0 Å². The van der Waals surface area contributed by atoms with Gasteiger partial charge in [-0.05, 0) is 45.9 Å². The van der Waals surface area contributed by atoms with Gasteiger partial charge in [0.15, 0.2) is 12.4 Å². The second kappa shape index (κ2) is 8.77. The van der Waals surface area contributed by atoms with Crippen molar-refractivity contribution in [3.05, 3.63) is 70.2 Å². The molecule has 0 aliphatic heterocycles. The number of ketones is 1. The number of ether oxygens (including phenoxy) is 1. The Bertz CT molecular complexity index is 1110. The van der Waals surface area contributed by atoms with E-state index in [2.05, 4.69) is 10.5 Å². The molecule has 0 spiro atoms. The van der Waals surface area contributed by atoms with Crippen molar-refractivity contribution < 1.29 is 23.6 Å². The van der Waals surface area contributed by atoms with Gasteiger partial charge in [-0.15, -0.1) is 0 Å². The van der Waals surface area contributed by atoms with Crippen molar-refractivity contribution in [2.75, 3.05) is 13.2 Å². The van der Waals surface area contributed by atoms with E-state index in [1.54, 1.807) is 48.7 Å². The fourth-order valence-electron chi connectivity index (χ4n) is 3.17. The zero-order valence-corrected chi connectivity index (χ0v) is 17.3. The second-order valence-electron chi connectivity index (χ2n) is 7.05. The molecule has 0 saturated heterocycles. The number of hydrogen-bond acceptors (Lipinski definition) is 6. The number of aryl methyl sites for hydroxylation is 3. The maximum Gasteiger partial charge on any atom is 0.325 e. The van der Waals surface area contributed by atoms with Gasteiger partial charge in [0.05, 0.1) is 0 Å². The molecule has 30 heavy (non-hydrogen) atoms. The number of nitrogens with zero attached hydrogens (tertiary/aromatic N) is 2. The van der Waals surface area contributed by atoms with E-state index >= 15 is 0 Å². The van der Waals surface area contributed by atoms with E-state index in [0.29, 0.717) is 28.4 Å². The summed E-state index contributed by atoms with van der Waals surface area (Å²) in [6.07, 6.45) is 0. The summed E-state index contributed by atoms with van der Waals surface area (Å²) in [4.78, 5) is 36.6. The molecule has 2 aromatic heterocycles. The lowest BCUT2D eigenvalue weighted by Gasteiger charge is -2.07. The Morgan fingerprint density at radius 1 is 1.10 bits per heavy atom. The SMILES string of the molecule is Cc1cccc(C(=O)NCC(=O)OCC(=O)c2cc(C)n(-c3cc(C)on3)c2C)c1. The molecule has 0 radical (unpaired) electrons. The number of carbonyl (C=O) groups excluding carboxylic acids is 3. The van der Waals surface area contributed by atoms with Gasteiger partial charge in [-0.3, -0.25) is 19.0 Å². The van der Waals surface area contributed by atoms with E-state index in [1.807, 2.05) is 19.9 Å². The molecule has 0 aliphatic rings. The first-order valence-corrected chi connectivity index (χ1v) is 9.42. The molecule has 0 fully saturated rings. The summed E-state index contributed by atoms with van der Waals surface area (Å²) < 4.78 is 11.9. The fraction of sp³-hybridized carbons (Fsp3) is 0.273. The third-order valence-corrected chi connectivity index (χ3v) is 4.61. The van der Waals surface area contributed by atoms with Gasteiger partial charge in [0.1, 0.15) is 12.3 Å². The molecule has 0 saturated carbocycles. The number of benzene rings is 1. The first-order valence-electron chi connectivity index (χ1n) is 9.42. The number of hydrogen-bond donors (Lipinski definition) is 1. The summed E-state index contributed by atoms with van der Waals surface area (Å²) in [6, 6.07) is 10.5. The molecule has 1 N–H and O–H groups in total. The molecule has 156 valence electrons. The van der Waals surface area contributed by atoms with Gasteiger partial charge in [0.25, 0.3) is 5.91 Å². The average Bonchev–Trinajstić information content (AvgIpc) is 3.26. The van der Waals surface area contributed by atoms with E-state index in [4.69, 9.17) is 9.26 Å². The van der Waals surface area contributed by atoms with Gasteiger partial charge in [-0.2, -0.15) is 0 Å². The minimum atomic E-state index is -0.690. The number of amides is 1. The van der Waals surface area contributed by atoms with E-state index in [-0.39, 0.29) is 18.2 Å². The molecule has 0 bridgehead atoms. The number of esters is 1. The summed E-state index contributed by atoms with van der Waals surface area (Å²) in [5.74, 6) is -0.170. The lowest BCUT2D eigenvalue weighted by atomic mass is 10.1. The Hall–Kier alpha value is -3.68. The van der Waals surface area contributed by atoms with Crippen LogP contribution in [0.3, 0.4) is 0 Å². The molecular formula is C22H23N3O5. The Morgan fingerprint density at radius 3 is 2.53 bits per heavy atom. The fourth-order valence-corrected chi connectivity index (χ4v) is 3.17. The van der Waals surface area contributed by atoms with Crippen LogP contribution in [-0.2, 0) is 9.53 Å². The standard InChI is InChI=1S/C22H23N3O5/c1-13-6-5-7-17(8-13)22(28)23-11-21(27)29-12-19(26)18-9-14(2)25(16(18)4)20-10-15(3)30-24-20/h5-10H,11-12H2,1-4H3,(H,23,28). The minimum Gasteiger partial charge on any atom is -0.456 e. The smallest absolute Gasteiger partial charge is 0.325 e. The van der Waals surface area contributed by atoms with Gasteiger partial charge in [0, 0.05) is 28.6 Å². The molecule has 8 nitrogen and oxygen atoms in total. The highest BCUT2D eigenvalue weighted by molar-refractivity contribution is 6.00. The third kappa shape index (κ3) is 4.65. The Morgan fingerprint density at radius 2 is 1.87 bits per heavy atom. The molecule has 8 heteroatoms. The molecule has 0 unspecified atom stereocenters. The highest BCUT2D eigenvalue weighted by Crippen LogP contribution is 2.21. The molecule has 3 aromatic rings. The second-order valence-corrected chi connectivity index (χ2v) is 7.05. The topological polar surface area (TPSA) is 103 Å². The van der Waals surface area contributed by atoms with Crippen LogP contribution in [0.5, 0.6) is 0 Å². The Kier molecular flexibility index (Phi) is 6.15.